The Morgan fingerprint density at radius 2 is 1.91 bits per heavy atom. The molecule has 0 unspecified atom stereocenters. The Balaban J connectivity index is 1.61. The average molecular weight is 441 g/mol. The van der Waals surface area contributed by atoms with Crippen molar-refractivity contribution in [1.29, 1.82) is 0 Å². The Morgan fingerprint density at radius 3 is 2.64 bits per heavy atom. The minimum Gasteiger partial charge on any atom is -0.442 e. The molecule has 0 radical (unpaired) electrons. The highest BCUT2D eigenvalue weighted by Gasteiger charge is 2.40. The Morgan fingerprint density at radius 1 is 1.09 bits per heavy atom. The van der Waals surface area contributed by atoms with Crippen molar-refractivity contribution in [3.8, 4) is 17.1 Å². The summed E-state index contributed by atoms with van der Waals surface area (Å²) >= 11 is 0. The zero-order chi connectivity index (χ0) is 22.7. The van der Waals surface area contributed by atoms with E-state index in [1.54, 1.807) is 24.7 Å². The highest BCUT2D eigenvalue weighted by Crippen LogP contribution is 2.48. The second kappa shape index (κ2) is 7.24. The molecule has 1 saturated carbocycles. The summed E-state index contributed by atoms with van der Waals surface area (Å²) in [6, 6.07) is 13.1. The fraction of sp³-hybridized carbons (Fsp3) is 0.296. The van der Waals surface area contributed by atoms with E-state index in [2.05, 4.69) is 46.6 Å². The van der Waals surface area contributed by atoms with Crippen LogP contribution in [0.5, 0.6) is 0 Å². The topological polar surface area (TPSA) is 56.2 Å². The van der Waals surface area contributed by atoms with Gasteiger partial charge in [-0.1, -0.05) is 32.0 Å². The number of benzene rings is 2. The van der Waals surface area contributed by atoms with E-state index in [1.807, 2.05) is 13.0 Å². The van der Waals surface area contributed by atoms with Crippen molar-refractivity contribution in [1.82, 2.24) is 14.5 Å². The van der Waals surface area contributed by atoms with Gasteiger partial charge in [-0.15, -0.1) is 0 Å². The molecule has 3 heterocycles. The molecule has 1 fully saturated rings. The Labute approximate surface area is 192 Å². The van der Waals surface area contributed by atoms with Crippen molar-refractivity contribution in [3.63, 3.8) is 0 Å². The van der Waals surface area contributed by atoms with Gasteiger partial charge < -0.3 is 4.42 Å². The first-order chi connectivity index (χ1) is 15.9. The summed E-state index contributed by atoms with van der Waals surface area (Å²) in [6.07, 6.45) is 7.16. The molecule has 2 aromatic carbocycles. The molecule has 166 valence electrons. The van der Waals surface area contributed by atoms with E-state index < -0.39 is 0 Å². The van der Waals surface area contributed by atoms with Crippen LogP contribution in [0.4, 0.5) is 4.39 Å². The number of oxazole rings is 1. The van der Waals surface area contributed by atoms with Crippen LogP contribution in [0.15, 0.2) is 70.8 Å². The van der Waals surface area contributed by atoms with Gasteiger partial charge in [0.1, 0.15) is 17.8 Å². The van der Waals surface area contributed by atoms with Gasteiger partial charge in [-0.2, -0.15) is 0 Å². The summed E-state index contributed by atoms with van der Waals surface area (Å²) in [7, 11) is 0. The number of aliphatic imine (C=N–C) groups is 1. The molecule has 0 saturated heterocycles. The standard InChI is InChI=1S/C27H25FN4O/c1-16-11-27(3,12-16)18-8-9-22-20(10-18)24(19-6-4-5-7-21(19)28)31-17(2)26-25(30-14-32(22)26)23-13-29-15-33-23/h4-10,13-17H,11-12H2,1-3H3/t16?,17-,27?/m0/s1. The number of hydrogen-bond donors (Lipinski definition) is 0. The van der Waals surface area contributed by atoms with Crippen LogP contribution < -0.4 is 0 Å². The van der Waals surface area contributed by atoms with Gasteiger partial charge in [-0.3, -0.25) is 9.56 Å². The third-order valence-electron chi connectivity index (χ3n) is 7.12. The lowest BCUT2D eigenvalue weighted by Gasteiger charge is -2.44. The van der Waals surface area contributed by atoms with E-state index >= 15 is 4.39 Å². The van der Waals surface area contributed by atoms with Gasteiger partial charge in [0.25, 0.3) is 0 Å². The lowest BCUT2D eigenvalue weighted by molar-refractivity contribution is 0.178. The summed E-state index contributed by atoms with van der Waals surface area (Å²) in [5.74, 6) is 1.04. The van der Waals surface area contributed by atoms with Crippen molar-refractivity contribution in [2.75, 3.05) is 0 Å². The van der Waals surface area contributed by atoms with Gasteiger partial charge in [0, 0.05) is 11.1 Å². The number of fused-ring (bicyclic) bond motifs is 3. The Bertz CT molecular complexity index is 1380. The molecule has 2 aliphatic rings. The van der Waals surface area contributed by atoms with E-state index in [4.69, 9.17) is 9.41 Å². The normalized spacial score (nSPS) is 23.8. The highest BCUT2D eigenvalue weighted by atomic mass is 19.1. The second-order valence-electron chi connectivity index (χ2n) is 9.65. The van der Waals surface area contributed by atoms with Crippen molar-refractivity contribution in [2.45, 2.75) is 45.1 Å². The predicted octanol–water partition coefficient (Wildman–Crippen LogP) is 6.27. The third kappa shape index (κ3) is 3.08. The smallest absolute Gasteiger partial charge is 0.181 e. The van der Waals surface area contributed by atoms with Crippen LogP contribution in [-0.2, 0) is 5.41 Å². The lowest BCUT2D eigenvalue weighted by atomic mass is 9.60. The first kappa shape index (κ1) is 20.1. The maximum atomic E-state index is 15.0. The van der Waals surface area contributed by atoms with Gasteiger partial charge in [-0.25, -0.2) is 14.4 Å². The number of aromatic nitrogens is 3. The van der Waals surface area contributed by atoms with Crippen LogP contribution in [-0.4, -0.2) is 20.2 Å². The number of imidazole rings is 1. The van der Waals surface area contributed by atoms with E-state index in [0.29, 0.717) is 22.7 Å². The molecule has 0 spiro atoms. The van der Waals surface area contributed by atoms with E-state index in [-0.39, 0.29) is 17.3 Å². The number of rotatable bonds is 3. The summed E-state index contributed by atoms with van der Waals surface area (Å²) in [4.78, 5) is 13.8. The highest BCUT2D eigenvalue weighted by molar-refractivity contribution is 6.15. The van der Waals surface area contributed by atoms with Crippen molar-refractivity contribution in [3.05, 3.63) is 89.6 Å². The summed E-state index contributed by atoms with van der Waals surface area (Å²) < 4.78 is 22.6. The zero-order valence-corrected chi connectivity index (χ0v) is 18.9. The molecule has 0 amide bonds. The fourth-order valence-corrected chi connectivity index (χ4v) is 5.69. The molecular formula is C27H25FN4O. The quantitative estimate of drug-likeness (QED) is 0.377. The molecule has 6 rings (SSSR count). The maximum Gasteiger partial charge on any atom is 0.181 e. The van der Waals surface area contributed by atoms with Gasteiger partial charge in [0.15, 0.2) is 12.2 Å². The first-order valence-corrected chi connectivity index (χ1v) is 11.4. The van der Waals surface area contributed by atoms with Gasteiger partial charge in [0.05, 0.1) is 29.3 Å². The minimum atomic E-state index is -0.275. The predicted molar refractivity (Wildman–Crippen MR) is 125 cm³/mol. The lowest BCUT2D eigenvalue weighted by Crippen LogP contribution is -2.37. The zero-order valence-electron chi connectivity index (χ0n) is 18.9. The average Bonchev–Trinajstić information content (AvgIpc) is 3.44. The third-order valence-corrected chi connectivity index (χ3v) is 7.12. The summed E-state index contributed by atoms with van der Waals surface area (Å²) in [5.41, 5.74) is 6.05. The molecule has 2 aromatic heterocycles. The molecule has 0 N–H and O–H groups in total. The Hall–Kier alpha value is -3.54. The summed E-state index contributed by atoms with van der Waals surface area (Å²) in [5, 5.41) is 0. The molecule has 0 bridgehead atoms. The van der Waals surface area contributed by atoms with Gasteiger partial charge in [-0.05, 0) is 60.9 Å². The Kier molecular flexibility index (Phi) is 4.41. The van der Waals surface area contributed by atoms with Crippen LogP contribution in [0.25, 0.3) is 17.1 Å². The minimum absolute atomic E-state index is 0.134. The first-order valence-electron chi connectivity index (χ1n) is 11.4. The molecular weight excluding hydrogens is 415 g/mol. The monoisotopic (exact) mass is 440 g/mol. The van der Waals surface area contributed by atoms with E-state index in [1.165, 1.54) is 18.0 Å². The largest absolute Gasteiger partial charge is 0.442 e. The number of nitrogens with zero attached hydrogens (tertiary/aromatic N) is 4. The van der Waals surface area contributed by atoms with Gasteiger partial charge in [0.2, 0.25) is 0 Å². The number of halogens is 1. The molecule has 6 heteroatoms. The van der Waals surface area contributed by atoms with Crippen molar-refractivity contribution >= 4 is 5.71 Å². The van der Waals surface area contributed by atoms with Gasteiger partial charge >= 0.3 is 0 Å². The molecule has 5 nitrogen and oxygen atoms in total. The van der Waals surface area contributed by atoms with Crippen LogP contribution in [0.3, 0.4) is 0 Å². The molecule has 4 aromatic rings. The molecule has 1 aliphatic heterocycles. The van der Waals surface area contributed by atoms with Crippen molar-refractivity contribution in [2.24, 2.45) is 10.9 Å². The van der Waals surface area contributed by atoms with Crippen LogP contribution in [0, 0.1) is 11.7 Å². The summed E-state index contributed by atoms with van der Waals surface area (Å²) in [6.45, 7) is 6.62. The number of hydrogen-bond acceptors (Lipinski definition) is 4. The van der Waals surface area contributed by atoms with E-state index in [0.717, 1.165) is 35.7 Å². The van der Waals surface area contributed by atoms with E-state index in [9.17, 15) is 0 Å². The molecule has 1 aliphatic carbocycles. The molecule has 33 heavy (non-hydrogen) atoms. The SMILES string of the molecule is CC1CC(C)(c2ccc3c(c2)C(c2ccccc2F)=N[C@@H](C)c2c(-c4cnco4)ncn2-3)C1. The van der Waals surface area contributed by atoms with Crippen LogP contribution in [0.2, 0.25) is 0 Å². The van der Waals surface area contributed by atoms with Crippen LogP contribution >= 0.6 is 0 Å². The maximum absolute atomic E-state index is 15.0. The van der Waals surface area contributed by atoms with Crippen molar-refractivity contribution < 1.29 is 8.81 Å². The van der Waals surface area contributed by atoms with Crippen LogP contribution in [0.1, 0.15) is 62.0 Å². The fourth-order valence-electron chi connectivity index (χ4n) is 5.69. The molecule has 1 atom stereocenters. The second-order valence-corrected chi connectivity index (χ2v) is 9.65.